The Hall–Kier alpha value is -1.55. The molecule has 82 valence electrons. The van der Waals surface area contributed by atoms with Gasteiger partial charge in [-0.1, -0.05) is 12.1 Å². The molecule has 4 heteroatoms. The second kappa shape index (κ2) is 5.36. The van der Waals surface area contributed by atoms with Crippen LogP contribution in [0.1, 0.15) is 5.56 Å². The predicted molar refractivity (Wildman–Crippen MR) is 56.9 cm³/mol. The number of rotatable bonds is 5. The van der Waals surface area contributed by atoms with Crippen LogP contribution >= 0.6 is 0 Å². The van der Waals surface area contributed by atoms with Crippen LogP contribution in [-0.2, 0) is 11.2 Å². The second-order valence-electron chi connectivity index (χ2n) is 3.33. The SMILES string of the molecule is COc1cccc(CC(CN)C(=O)O)c1. The lowest BCUT2D eigenvalue weighted by atomic mass is 9.99. The molecule has 0 bridgehead atoms. The molecule has 0 spiro atoms. The van der Waals surface area contributed by atoms with Gasteiger partial charge in [0.25, 0.3) is 0 Å². The van der Waals surface area contributed by atoms with Gasteiger partial charge in [-0.2, -0.15) is 0 Å². The first kappa shape index (κ1) is 11.5. The maximum atomic E-state index is 10.8. The number of benzene rings is 1. The minimum Gasteiger partial charge on any atom is -0.497 e. The van der Waals surface area contributed by atoms with E-state index < -0.39 is 11.9 Å². The highest BCUT2D eigenvalue weighted by Gasteiger charge is 2.15. The standard InChI is InChI=1S/C11H15NO3/c1-15-10-4-2-3-8(6-10)5-9(7-12)11(13)14/h2-4,6,9H,5,7,12H2,1H3,(H,13,14). The summed E-state index contributed by atoms with van der Waals surface area (Å²) >= 11 is 0. The molecule has 0 heterocycles. The zero-order valence-electron chi connectivity index (χ0n) is 8.64. The third-order valence-electron chi connectivity index (χ3n) is 2.25. The minimum absolute atomic E-state index is 0.145. The summed E-state index contributed by atoms with van der Waals surface area (Å²) in [6, 6.07) is 7.35. The van der Waals surface area contributed by atoms with Crippen molar-refractivity contribution in [2.24, 2.45) is 11.7 Å². The molecule has 1 rings (SSSR count). The van der Waals surface area contributed by atoms with E-state index in [9.17, 15) is 4.79 Å². The van der Waals surface area contributed by atoms with Crippen LogP contribution in [0.2, 0.25) is 0 Å². The van der Waals surface area contributed by atoms with Gasteiger partial charge in [0.2, 0.25) is 0 Å². The Bertz CT molecular complexity index is 338. The van der Waals surface area contributed by atoms with Crippen molar-refractivity contribution < 1.29 is 14.6 Å². The summed E-state index contributed by atoms with van der Waals surface area (Å²) in [6.45, 7) is 0.145. The summed E-state index contributed by atoms with van der Waals surface area (Å²) in [4.78, 5) is 10.8. The van der Waals surface area contributed by atoms with Crippen molar-refractivity contribution in [3.63, 3.8) is 0 Å². The maximum Gasteiger partial charge on any atom is 0.308 e. The third-order valence-corrected chi connectivity index (χ3v) is 2.25. The average molecular weight is 209 g/mol. The third kappa shape index (κ3) is 3.25. The van der Waals surface area contributed by atoms with Gasteiger partial charge in [0.05, 0.1) is 13.0 Å². The van der Waals surface area contributed by atoms with E-state index in [0.29, 0.717) is 6.42 Å². The van der Waals surface area contributed by atoms with Crippen LogP contribution in [0.3, 0.4) is 0 Å². The fourth-order valence-electron chi connectivity index (χ4n) is 1.36. The zero-order valence-corrected chi connectivity index (χ0v) is 8.64. The van der Waals surface area contributed by atoms with Gasteiger partial charge in [-0.25, -0.2) is 0 Å². The highest BCUT2D eigenvalue weighted by Crippen LogP contribution is 2.15. The van der Waals surface area contributed by atoms with Gasteiger partial charge in [-0.3, -0.25) is 4.79 Å². The molecule has 0 aliphatic rings. The molecule has 0 fully saturated rings. The molecular weight excluding hydrogens is 194 g/mol. The van der Waals surface area contributed by atoms with Gasteiger partial charge < -0.3 is 15.6 Å². The van der Waals surface area contributed by atoms with Crippen LogP contribution in [0.4, 0.5) is 0 Å². The van der Waals surface area contributed by atoms with Crippen molar-refractivity contribution in [3.05, 3.63) is 29.8 Å². The van der Waals surface area contributed by atoms with E-state index in [1.54, 1.807) is 7.11 Å². The summed E-state index contributed by atoms with van der Waals surface area (Å²) in [7, 11) is 1.58. The maximum absolute atomic E-state index is 10.8. The van der Waals surface area contributed by atoms with E-state index >= 15 is 0 Å². The Labute approximate surface area is 88.7 Å². The monoisotopic (exact) mass is 209 g/mol. The number of carboxylic acids is 1. The normalized spacial score (nSPS) is 12.1. The largest absolute Gasteiger partial charge is 0.497 e. The summed E-state index contributed by atoms with van der Waals surface area (Å²) in [5.74, 6) is -0.661. The first-order chi connectivity index (χ1) is 7.17. The van der Waals surface area contributed by atoms with Gasteiger partial charge >= 0.3 is 5.97 Å². The van der Waals surface area contributed by atoms with Crippen LogP contribution in [0.15, 0.2) is 24.3 Å². The van der Waals surface area contributed by atoms with Gasteiger partial charge in [-0.05, 0) is 24.1 Å². The quantitative estimate of drug-likeness (QED) is 0.755. The van der Waals surface area contributed by atoms with Gasteiger partial charge in [0, 0.05) is 6.54 Å². The van der Waals surface area contributed by atoms with E-state index in [1.807, 2.05) is 24.3 Å². The van der Waals surface area contributed by atoms with Gasteiger partial charge in [0.15, 0.2) is 0 Å². The summed E-state index contributed by atoms with van der Waals surface area (Å²) in [5, 5.41) is 8.85. The molecule has 4 nitrogen and oxygen atoms in total. The minimum atomic E-state index is -0.861. The molecule has 1 atom stereocenters. The van der Waals surface area contributed by atoms with Crippen molar-refractivity contribution in [2.75, 3.05) is 13.7 Å². The second-order valence-corrected chi connectivity index (χ2v) is 3.33. The predicted octanol–water partition coefficient (Wildman–Crippen LogP) is 0.897. The highest BCUT2D eigenvalue weighted by molar-refractivity contribution is 5.70. The Balaban J connectivity index is 2.74. The molecule has 0 amide bonds. The number of nitrogens with two attached hydrogens (primary N) is 1. The number of methoxy groups -OCH3 is 1. The molecule has 0 saturated heterocycles. The number of carboxylic acid groups (broad SMARTS) is 1. The molecule has 15 heavy (non-hydrogen) atoms. The van der Waals surface area contributed by atoms with Crippen LogP contribution in [0, 0.1) is 5.92 Å². The molecule has 1 unspecified atom stereocenters. The molecule has 0 aromatic heterocycles. The number of hydrogen-bond donors (Lipinski definition) is 2. The molecule has 3 N–H and O–H groups in total. The molecule has 0 saturated carbocycles. The Kier molecular flexibility index (Phi) is 4.12. The van der Waals surface area contributed by atoms with Gasteiger partial charge in [-0.15, -0.1) is 0 Å². The Morgan fingerprint density at radius 1 is 1.60 bits per heavy atom. The highest BCUT2D eigenvalue weighted by atomic mass is 16.5. The van der Waals surface area contributed by atoms with Crippen molar-refractivity contribution >= 4 is 5.97 Å². The molecule has 1 aromatic rings. The van der Waals surface area contributed by atoms with Crippen LogP contribution in [0.25, 0.3) is 0 Å². The summed E-state index contributed by atoms with van der Waals surface area (Å²) in [6.07, 6.45) is 0.434. The van der Waals surface area contributed by atoms with E-state index in [1.165, 1.54) is 0 Å². The lowest BCUT2D eigenvalue weighted by Gasteiger charge is -2.10. The number of carbonyl (C=O) groups is 1. The molecule has 0 radical (unpaired) electrons. The lowest BCUT2D eigenvalue weighted by Crippen LogP contribution is -2.25. The van der Waals surface area contributed by atoms with Crippen molar-refractivity contribution in [2.45, 2.75) is 6.42 Å². The fourth-order valence-corrected chi connectivity index (χ4v) is 1.36. The molecule has 1 aromatic carbocycles. The molecule has 0 aliphatic heterocycles. The average Bonchev–Trinajstić information content (AvgIpc) is 2.25. The Morgan fingerprint density at radius 3 is 2.87 bits per heavy atom. The van der Waals surface area contributed by atoms with Crippen molar-refractivity contribution in [3.8, 4) is 5.75 Å². The first-order valence-electron chi connectivity index (χ1n) is 4.73. The molecule has 0 aliphatic carbocycles. The summed E-state index contributed by atoms with van der Waals surface area (Å²) in [5.41, 5.74) is 6.30. The lowest BCUT2D eigenvalue weighted by molar-refractivity contribution is -0.141. The molecular formula is C11H15NO3. The van der Waals surface area contributed by atoms with E-state index in [0.717, 1.165) is 11.3 Å². The van der Waals surface area contributed by atoms with Crippen LogP contribution < -0.4 is 10.5 Å². The Morgan fingerprint density at radius 2 is 2.33 bits per heavy atom. The van der Waals surface area contributed by atoms with Crippen molar-refractivity contribution in [1.29, 1.82) is 0 Å². The van der Waals surface area contributed by atoms with Crippen molar-refractivity contribution in [1.82, 2.24) is 0 Å². The smallest absolute Gasteiger partial charge is 0.308 e. The topological polar surface area (TPSA) is 72.5 Å². The van der Waals surface area contributed by atoms with Crippen LogP contribution in [0.5, 0.6) is 5.75 Å². The van der Waals surface area contributed by atoms with Crippen LogP contribution in [-0.4, -0.2) is 24.7 Å². The summed E-state index contributed by atoms with van der Waals surface area (Å²) < 4.78 is 5.05. The number of hydrogen-bond acceptors (Lipinski definition) is 3. The first-order valence-corrected chi connectivity index (χ1v) is 4.73. The van der Waals surface area contributed by atoms with E-state index in [2.05, 4.69) is 0 Å². The van der Waals surface area contributed by atoms with E-state index in [4.69, 9.17) is 15.6 Å². The zero-order chi connectivity index (χ0) is 11.3. The van der Waals surface area contributed by atoms with Gasteiger partial charge in [0.1, 0.15) is 5.75 Å². The number of ether oxygens (including phenoxy) is 1. The van der Waals surface area contributed by atoms with E-state index in [-0.39, 0.29) is 6.54 Å². The fraction of sp³-hybridized carbons (Fsp3) is 0.364. The number of aliphatic carboxylic acids is 1.